The smallest absolute Gasteiger partial charge is 0.164 e. The summed E-state index contributed by atoms with van der Waals surface area (Å²) in [5.74, 6) is 0. The second-order valence-corrected chi connectivity index (χ2v) is 9.27. The van der Waals surface area contributed by atoms with Crippen LogP contribution in [0.4, 0.5) is 4.39 Å². The Morgan fingerprint density at radius 1 is 1.19 bits per heavy atom. The fraction of sp³-hybridized carbons (Fsp3) is 0.524. The summed E-state index contributed by atoms with van der Waals surface area (Å²) < 4.78 is 15.6. The summed E-state index contributed by atoms with van der Waals surface area (Å²) in [5, 5.41) is 6.72. The number of aromatic nitrogens is 1. The van der Waals surface area contributed by atoms with E-state index in [9.17, 15) is 0 Å². The highest BCUT2D eigenvalue weighted by Crippen LogP contribution is 2.40. The minimum Gasteiger partial charge on any atom is -0.387 e. The first kappa shape index (κ1) is 18.6. The number of oxime groups is 1. The number of alkyl halides is 1. The monoisotopic (exact) mass is 387 g/mol. The highest BCUT2D eigenvalue weighted by atomic mass is 32.1. The van der Waals surface area contributed by atoms with Gasteiger partial charge in [0.05, 0.1) is 5.69 Å². The van der Waals surface area contributed by atoms with Crippen molar-refractivity contribution in [1.82, 2.24) is 9.88 Å². The van der Waals surface area contributed by atoms with Crippen LogP contribution in [0.15, 0.2) is 40.9 Å². The second kappa shape index (κ2) is 6.99. The number of hydrogen-bond acceptors (Lipinski definition) is 5. The molecule has 0 amide bonds. The van der Waals surface area contributed by atoms with Gasteiger partial charge in [0.1, 0.15) is 10.7 Å². The van der Waals surface area contributed by atoms with Gasteiger partial charge in [0, 0.05) is 43.3 Å². The van der Waals surface area contributed by atoms with Gasteiger partial charge in [0.15, 0.2) is 11.8 Å². The fourth-order valence-electron chi connectivity index (χ4n) is 3.73. The van der Waals surface area contributed by atoms with Crippen molar-refractivity contribution >= 4 is 17.0 Å². The highest BCUT2D eigenvalue weighted by Gasteiger charge is 2.41. The molecule has 0 aliphatic carbocycles. The molecule has 27 heavy (non-hydrogen) atoms. The van der Waals surface area contributed by atoms with Crippen LogP contribution in [0.3, 0.4) is 0 Å². The molecule has 1 atom stereocenters. The zero-order valence-corrected chi connectivity index (χ0v) is 16.9. The second-order valence-electron chi connectivity index (χ2n) is 8.41. The third kappa shape index (κ3) is 3.78. The van der Waals surface area contributed by atoms with Gasteiger partial charge in [0.25, 0.3) is 0 Å². The third-order valence-electron chi connectivity index (χ3n) is 5.53. The van der Waals surface area contributed by atoms with Crippen LogP contribution in [-0.4, -0.2) is 34.2 Å². The first-order valence-electron chi connectivity index (χ1n) is 9.53. The van der Waals surface area contributed by atoms with E-state index in [-0.39, 0.29) is 11.6 Å². The van der Waals surface area contributed by atoms with E-state index in [0.717, 1.165) is 30.1 Å². The Kier molecular flexibility index (Phi) is 4.80. The predicted octanol–water partition coefficient (Wildman–Crippen LogP) is 5.07. The molecule has 2 aliphatic rings. The van der Waals surface area contributed by atoms with Crippen LogP contribution in [-0.2, 0) is 10.5 Å². The number of halogens is 1. The lowest BCUT2D eigenvalue weighted by Gasteiger charge is -2.42. The molecule has 1 unspecified atom stereocenters. The Bertz CT molecular complexity index is 819. The van der Waals surface area contributed by atoms with Crippen molar-refractivity contribution in [2.45, 2.75) is 57.3 Å². The van der Waals surface area contributed by atoms with Crippen molar-refractivity contribution in [3.8, 4) is 0 Å². The molecule has 0 saturated carbocycles. The van der Waals surface area contributed by atoms with Crippen LogP contribution in [0, 0.1) is 0 Å². The molecule has 0 bridgehead atoms. The lowest BCUT2D eigenvalue weighted by Crippen LogP contribution is -2.49. The molecule has 4 nitrogen and oxygen atoms in total. The molecule has 2 aromatic rings. The normalized spacial score (nSPS) is 23.1. The van der Waals surface area contributed by atoms with Gasteiger partial charge < -0.3 is 4.84 Å². The number of likely N-dealkylation sites (tertiary alicyclic amines) is 1. The number of rotatable bonds is 3. The van der Waals surface area contributed by atoms with E-state index in [0.29, 0.717) is 24.3 Å². The van der Waals surface area contributed by atoms with Crippen molar-refractivity contribution in [3.63, 3.8) is 0 Å². The maximum absolute atomic E-state index is 15.6. The van der Waals surface area contributed by atoms with Crippen LogP contribution in [0.5, 0.6) is 0 Å². The van der Waals surface area contributed by atoms with E-state index in [2.05, 4.69) is 35.8 Å². The summed E-state index contributed by atoms with van der Waals surface area (Å²) in [6.45, 7) is 8.06. The van der Waals surface area contributed by atoms with Crippen LogP contribution < -0.4 is 0 Å². The number of benzene rings is 1. The molecule has 3 heterocycles. The third-order valence-corrected chi connectivity index (χ3v) is 6.55. The molecule has 1 aromatic heterocycles. The van der Waals surface area contributed by atoms with Crippen LogP contribution in [0.2, 0.25) is 0 Å². The maximum Gasteiger partial charge on any atom is 0.164 e. The van der Waals surface area contributed by atoms with Gasteiger partial charge in [-0.1, -0.05) is 35.5 Å². The first-order chi connectivity index (χ1) is 12.9. The van der Waals surface area contributed by atoms with E-state index >= 15 is 4.39 Å². The SMILES string of the molecule is CC(C)(C)N1CCC(F)(c2nc(C3=NOC(c4ccccc4)C3)cs2)CC1. The molecule has 2 aliphatic heterocycles. The molecule has 0 radical (unpaired) electrons. The van der Waals surface area contributed by atoms with Crippen LogP contribution in [0.1, 0.15) is 62.4 Å². The van der Waals surface area contributed by atoms with E-state index in [1.54, 1.807) is 0 Å². The van der Waals surface area contributed by atoms with Gasteiger partial charge >= 0.3 is 0 Å². The van der Waals surface area contributed by atoms with Crippen molar-refractivity contribution < 1.29 is 9.23 Å². The van der Waals surface area contributed by atoms with E-state index < -0.39 is 5.67 Å². The molecular formula is C21H26FN3OS. The van der Waals surface area contributed by atoms with E-state index in [1.807, 2.05) is 35.7 Å². The predicted molar refractivity (Wildman–Crippen MR) is 107 cm³/mol. The Labute approximate surface area is 164 Å². The van der Waals surface area contributed by atoms with Gasteiger partial charge in [-0.05, 0) is 26.3 Å². The van der Waals surface area contributed by atoms with Crippen LogP contribution >= 0.6 is 11.3 Å². The Morgan fingerprint density at radius 2 is 1.89 bits per heavy atom. The molecule has 144 valence electrons. The standard InChI is InChI=1S/C21H26FN3OS/c1-20(2,3)25-11-9-21(22,10-12-25)19-23-17(14-27-19)16-13-18(26-24-16)15-7-5-4-6-8-15/h4-8,14,18H,9-13H2,1-3H3. The van der Waals surface area contributed by atoms with Gasteiger partial charge in [-0.2, -0.15) is 0 Å². The molecule has 1 fully saturated rings. The van der Waals surface area contributed by atoms with Gasteiger partial charge in [-0.25, -0.2) is 9.37 Å². The molecule has 1 aromatic carbocycles. The molecule has 0 N–H and O–H groups in total. The summed E-state index contributed by atoms with van der Waals surface area (Å²) in [7, 11) is 0. The topological polar surface area (TPSA) is 37.7 Å². The lowest BCUT2D eigenvalue weighted by atomic mass is 9.91. The summed E-state index contributed by atoms with van der Waals surface area (Å²) in [5.41, 5.74) is 1.41. The number of piperidine rings is 1. The largest absolute Gasteiger partial charge is 0.387 e. The summed E-state index contributed by atoms with van der Waals surface area (Å²) in [6, 6.07) is 10.0. The summed E-state index contributed by atoms with van der Waals surface area (Å²) >= 11 is 1.41. The van der Waals surface area contributed by atoms with Crippen molar-refractivity contribution in [2.24, 2.45) is 5.16 Å². The van der Waals surface area contributed by atoms with Gasteiger partial charge in [-0.3, -0.25) is 4.90 Å². The molecular weight excluding hydrogens is 361 g/mol. The van der Waals surface area contributed by atoms with Crippen molar-refractivity contribution in [3.05, 3.63) is 52.0 Å². The summed E-state index contributed by atoms with van der Waals surface area (Å²) in [6.07, 6.45) is 1.57. The Hall–Kier alpha value is -1.79. The molecule has 0 spiro atoms. The molecule has 4 rings (SSSR count). The Morgan fingerprint density at radius 3 is 2.56 bits per heavy atom. The zero-order chi connectivity index (χ0) is 19.1. The maximum atomic E-state index is 15.6. The summed E-state index contributed by atoms with van der Waals surface area (Å²) in [4.78, 5) is 12.6. The van der Waals surface area contributed by atoms with Gasteiger partial charge in [-0.15, -0.1) is 11.3 Å². The quantitative estimate of drug-likeness (QED) is 0.738. The zero-order valence-electron chi connectivity index (χ0n) is 16.1. The average Bonchev–Trinajstić information content (AvgIpc) is 3.32. The number of thiazole rings is 1. The van der Waals surface area contributed by atoms with Crippen molar-refractivity contribution in [2.75, 3.05) is 13.1 Å². The van der Waals surface area contributed by atoms with Crippen LogP contribution in [0.25, 0.3) is 0 Å². The van der Waals surface area contributed by atoms with E-state index in [1.165, 1.54) is 11.3 Å². The Balaban J connectivity index is 1.44. The minimum absolute atomic E-state index is 0.0811. The first-order valence-corrected chi connectivity index (χ1v) is 10.4. The molecule has 6 heteroatoms. The van der Waals surface area contributed by atoms with Crippen molar-refractivity contribution in [1.29, 1.82) is 0 Å². The number of hydrogen-bond donors (Lipinski definition) is 0. The number of nitrogens with zero attached hydrogens (tertiary/aromatic N) is 3. The highest BCUT2D eigenvalue weighted by molar-refractivity contribution is 7.10. The average molecular weight is 388 g/mol. The van der Waals surface area contributed by atoms with Gasteiger partial charge in [0.2, 0.25) is 0 Å². The fourth-order valence-corrected chi connectivity index (χ4v) is 4.71. The lowest BCUT2D eigenvalue weighted by molar-refractivity contribution is 0.0148. The van der Waals surface area contributed by atoms with E-state index in [4.69, 9.17) is 4.84 Å². The molecule has 1 saturated heterocycles. The minimum atomic E-state index is -1.33.